The van der Waals surface area contributed by atoms with Crippen molar-refractivity contribution in [2.45, 2.75) is 52.1 Å². The van der Waals surface area contributed by atoms with E-state index in [4.69, 9.17) is 13.9 Å². The molecule has 1 aromatic heterocycles. The van der Waals surface area contributed by atoms with Crippen LogP contribution in [0.4, 0.5) is 0 Å². The Labute approximate surface area is 218 Å². The molecule has 0 aliphatic carbocycles. The van der Waals surface area contributed by atoms with Crippen molar-refractivity contribution < 1.29 is 23.5 Å². The predicted molar refractivity (Wildman–Crippen MR) is 142 cm³/mol. The summed E-state index contributed by atoms with van der Waals surface area (Å²) in [5.74, 6) is 0.981. The van der Waals surface area contributed by atoms with Gasteiger partial charge in [0.05, 0.1) is 19.7 Å². The van der Waals surface area contributed by atoms with Crippen molar-refractivity contribution in [3.05, 3.63) is 64.9 Å². The summed E-state index contributed by atoms with van der Waals surface area (Å²) in [5, 5.41) is 0.941. The SMILES string of the molecule is CCN1CCOc2ccccc2CCCCC2(CN(C(=O)c3oc4cc(C)ccc4c3C)CCO2)C1=O. The van der Waals surface area contributed by atoms with Crippen LogP contribution in [0.25, 0.3) is 11.0 Å². The molecule has 5 rings (SSSR count). The lowest BCUT2D eigenvalue weighted by Gasteiger charge is -2.43. The molecule has 1 unspecified atom stereocenters. The zero-order chi connectivity index (χ0) is 26.0. The number of aryl methyl sites for hydroxylation is 3. The molecule has 1 saturated heterocycles. The first-order valence-electron chi connectivity index (χ1n) is 13.3. The summed E-state index contributed by atoms with van der Waals surface area (Å²) >= 11 is 0. The third-order valence-corrected chi connectivity index (χ3v) is 7.69. The number of likely N-dealkylation sites (N-methyl/N-ethyl adjacent to an activating group) is 1. The van der Waals surface area contributed by atoms with Crippen LogP contribution in [-0.2, 0) is 16.0 Å². The monoisotopic (exact) mass is 504 g/mol. The average molecular weight is 505 g/mol. The quantitative estimate of drug-likeness (QED) is 0.496. The van der Waals surface area contributed by atoms with Crippen LogP contribution in [0.5, 0.6) is 5.75 Å². The number of hydrogen-bond acceptors (Lipinski definition) is 5. The topological polar surface area (TPSA) is 72.2 Å². The summed E-state index contributed by atoms with van der Waals surface area (Å²) in [4.78, 5) is 31.2. The lowest BCUT2D eigenvalue weighted by atomic mass is 9.90. The highest BCUT2D eigenvalue weighted by Crippen LogP contribution is 2.32. The zero-order valence-corrected chi connectivity index (χ0v) is 22.0. The molecule has 1 spiro atoms. The second-order valence-corrected chi connectivity index (χ2v) is 10.2. The van der Waals surface area contributed by atoms with Crippen LogP contribution in [0.3, 0.4) is 0 Å². The number of amides is 2. The Bertz CT molecular complexity index is 1300. The van der Waals surface area contributed by atoms with Gasteiger partial charge in [-0.2, -0.15) is 0 Å². The van der Waals surface area contributed by atoms with Crippen LogP contribution < -0.4 is 4.74 Å². The van der Waals surface area contributed by atoms with Crippen molar-refractivity contribution in [3.63, 3.8) is 0 Å². The maximum atomic E-state index is 13.9. The molecule has 196 valence electrons. The van der Waals surface area contributed by atoms with E-state index in [-0.39, 0.29) is 18.4 Å². The average Bonchev–Trinajstić information content (AvgIpc) is 3.23. The largest absolute Gasteiger partial charge is 0.491 e. The molecule has 7 heteroatoms. The van der Waals surface area contributed by atoms with Crippen LogP contribution in [0.15, 0.2) is 46.9 Å². The summed E-state index contributed by atoms with van der Waals surface area (Å²) < 4.78 is 18.4. The van der Waals surface area contributed by atoms with E-state index in [1.54, 1.807) is 9.80 Å². The Hall–Kier alpha value is -3.32. The van der Waals surface area contributed by atoms with E-state index in [0.717, 1.165) is 41.5 Å². The van der Waals surface area contributed by atoms with E-state index in [9.17, 15) is 9.59 Å². The molecule has 0 saturated carbocycles. The van der Waals surface area contributed by atoms with E-state index < -0.39 is 5.60 Å². The zero-order valence-electron chi connectivity index (χ0n) is 22.0. The number of fused-ring (bicyclic) bond motifs is 2. The Morgan fingerprint density at radius 3 is 2.73 bits per heavy atom. The molecule has 0 radical (unpaired) electrons. The number of hydrogen-bond donors (Lipinski definition) is 0. The van der Waals surface area contributed by atoms with Crippen molar-refractivity contribution in [2.24, 2.45) is 0 Å². The van der Waals surface area contributed by atoms with Crippen LogP contribution in [0, 0.1) is 13.8 Å². The summed E-state index contributed by atoms with van der Waals surface area (Å²) in [5.41, 5.74) is 2.73. The van der Waals surface area contributed by atoms with E-state index in [2.05, 4.69) is 6.07 Å². The maximum absolute atomic E-state index is 13.9. The van der Waals surface area contributed by atoms with Gasteiger partial charge in [-0.15, -0.1) is 0 Å². The number of para-hydroxylation sites is 1. The smallest absolute Gasteiger partial charge is 0.290 e. The Morgan fingerprint density at radius 2 is 1.89 bits per heavy atom. The lowest BCUT2D eigenvalue weighted by Crippen LogP contribution is -2.62. The van der Waals surface area contributed by atoms with Crippen molar-refractivity contribution in [2.75, 3.05) is 39.4 Å². The van der Waals surface area contributed by atoms with Gasteiger partial charge in [0.2, 0.25) is 0 Å². The number of morpholine rings is 1. The Kier molecular flexibility index (Phi) is 7.24. The van der Waals surface area contributed by atoms with Gasteiger partial charge in [-0.3, -0.25) is 9.59 Å². The fraction of sp³-hybridized carbons (Fsp3) is 0.467. The molecule has 2 aromatic carbocycles. The fourth-order valence-electron chi connectivity index (χ4n) is 5.56. The lowest BCUT2D eigenvalue weighted by molar-refractivity contribution is -0.170. The maximum Gasteiger partial charge on any atom is 0.290 e. The molecule has 2 aliphatic heterocycles. The minimum atomic E-state index is -1.07. The first-order valence-corrected chi connectivity index (χ1v) is 13.3. The van der Waals surface area contributed by atoms with Crippen molar-refractivity contribution in [1.82, 2.24) is 9.80 Å². The minimum Gasteiger partial charge on any atom is -0.491 e. The summed E-state index contributed by atoms with van der Waals surface area (Å²) in [6.07, 6.45) is 3.15. The first kappa shape index (κ1) is 25.3. The Balaban J connectivity index is 1.41. The van der Waals surface area contributed by atoms with Gasteiger partial charge in [0.1, 0.15) is 17.9 Å². The summed E-state index contributed by atoms with van der Waals surface area (Å²) in [6, 6.07) is 14.1. The predicted octanol–water partition coefficient (Wildman–Crippen LogP) is 4.91. The minimum absolute atomic E-state index is 0.0677. The molecule has 3 aromatic rings. The molecular weight excluding hydrogens is 468 g/mol. The molecule has 0 N–H and O–H groups in total. The van der Waals surface area contributed by atoms with Crippen molar-refractivity contribution in [3.8, 4) is 5.75 Å². The van der Waals surface area contributed by atoms with Gasteiger partial charge < -0.3 is 23.7 Å². The molecule has 1 fully saturated rings. The number of furan rings is 1. The van der Waals surface area contributed by atoms with E-state index >= 15 is 0 Å². The number of ether oxygens (including phenoxy) is 2. The standard InChI is InChI=1S/C30H36N2O5/c1-4-31-15-17-35-25-11-6-5-9-23(25)10-7-8-14-30(29(31)34)20-32(16-18-36-30)28(33)27-22(3)24-13-12-21(2)19-26(24)37-27/h5-6,9,11-13,19H,4,7-8,10,14-18,20H2,1-3H3. The number of nitrogens with zero attached hydrogens (tertiary/aromatic N) is 2. The van der Waals surface area contributed by atoms with Gasteiger partial charge in [-0.25, -0.2) is 0 Å². The number of carbonyl (C=O) groups excluding carboxylic acids is 2. The molecule has 3 heterocycles. The van der Waals surface area contributed by atoms with Gasteiger partial charge >= 0.3 is 0 Å². The first-order chi connectivity index (χ1) is 17.9. The van der Waals surface area contributed by atoms with Crippen molar-refractivity contribution in [1.29, 1.82) is 0 Å². The number of rotatable bonds is 2. The highest BCUT2D eigenvalue weighted by atomic mass is 16.5. The van der Waals surface area contributed by atoms with Crippen LogP contribution in [0.2, 0.25) is 0 Å². The molecule has 37 heavy (non-hydrogen) atoms. The number of carbonyl (C=O) groups is 2. The molecule has 2 amide bonds. The molecule has 1 atom stereocenters. The second-order valence-electron chi connectivity index (χ2n) is 10.2. The van der Waals surface area contributed by atoms with Crippen molar-refractivity contribution >= 4 is 22.8 Å². The third-order valence-electron chi connectivity index (χ3n) is 7.69. The number of benzene rings is 2. The highest BCUT2D eigenvalue weighted by Gasteiger charge is 2.47. The van der Waals surface area contributed by atoms with Crippen LogP contribution >= 0.6 is 0 Å². The second kappa shape index (κ2) is 10.6. The van der Waals surface area contributed by atoms with E-state index in [0.29, 0.717) is 50.6 Å². The summed E-state index contributed by atoms with van der Waals surface area (Å²) in [6.45, 7) is 8.26. The van der Waals surface area contributed by atoms with Gasteiger partial charge in [-0.05, 0) is 69.7 Å². The molecule has 7 nitrogen and oxygen atoms in total. The van der Waals surface area contributed by atoms with E-state index in [1.807, 2.05) is 57.2 Å². The van der Waals surface area contributed by atoms with Crippen LogP contribution in [-0.4, -0.2) is 66.6 Å². The molecular formula is C30H36N2O5. The normalized spacial score (nSPS) is 21.3. The summed E-state index contributed by atoms with van der Waals surface area (Å²) in [7, 11) is 0. The van der Waals surface area contributed by atoms with Crippen LogP contribution in [0.1, 0.15) is 53.4 Å². The molecule has 2 aliphatic rings. The third kappa shape index (κ3) is 4.97. The Morgan fingerprint density at radius 1 is 1.05 bits per heavy atom. The van der Waals surface area contributed by atoms with Gasteiger partial charge in [0.15, 0.2) is 11.4 Å². The van der Waals surface area contributed by atoms with Gasteiger partial charge in [0.25, 0.3) is 11.8 Å². The fourth-order valence-corrected chi connectivity index (χ4v) is 5.56. The van der Waals surface area contributed by atoms with Gasteiger partial charge in [0, 0.05) is 24.0 Å². The van der Waals surface area contributed by atoms with E-state index in [1.165, 1.54) is 5.56 Å². The highest BCUT2D eigenvalue weighted by molar-refractivity contribution is 5.99. The van der Waals surface area contributed by atoms with Gasteiger partial charge in [-0.1, -0.05) is 30.3 Å². The molecule has 0 bridgehead atoms.